The first-order valence-corrected chi connectivity index (χ1v) is 7.93. The van der Waals surface area contributed by atoms with E-state index in [1.54, 1.807) is 11.0 Å². The second-order valence-corrected chi connectivity index (χ2v) is 5.81. The Kier molecular flexibility index (Phi) is 4.82. The SMILES string of the molecule is CC1CCC(C(=O)Nc2nccc(C(=O)N3CCNCC3)n2)O1. The molecule has 0 spiro atoms. The Morgan fingerprint density at radius 2 is 2.13 bits per heavy atom. The molecule has 2 amide bonds. The summed E-state index contributed by atoms with van der Waals surface area (Å²) in [7, 11) is 0. The first-order chi connectivity index (χ1) is 11.1. The summed E-state index contributed by atoms with van der Waals surface area (Å²) in [6.07, 6.45) is 2.65. The van der Waals surface area contributed by atoms with E-state index in [0.29, 0.717) is 19.5 Å². The molecule has 2 unspecified atom stereocenters. The summed E-state index contributed by atoms with van der Waals surface area (Å²) in [4.78, 5) is 34.5. The first kappa shape index (κ1) is 15.8. The maximum absolute atomic E-state index is 12.4. The molecule has 2 N–H and O–H groups in total. The van der Waals surface area contributed by atoms with Crippen molar-refractivity contribution in [3.05, 3.63) is 18.0 Å². The van der Waals surface area contributed by atoms with Crippen LogP contribution in [0, 0.1) is 0 Å². The summed E-state index contributed by atoms with van der Waals surface area (Å²) < 4.78 is 5.52. The summed E-state index contributed by atoms with van der Waals surface area (Å²) in [6, 6.07) is 1.56. The van der Waals surface area contributed by atoms with Crippen molar-refractivity contribution in [1.82, 2.24) is 20.2 Å². The van der Waals surface area contributed by atoms with E-state index in [-0.39, 0.29) is 29.6 Å². The number of rotatable bonds is 3. The van der Waals surface area contributed by atoms with E-state index in [1.807, 2.05) is 6.92 Å². The van der Waals surface area contributed by atoms with Crippen LogP contribution in [0.15, 0.2) is 12.3 Å². The van der Waals surface area contributed by atoms with E-state index < -0.39 is 6.10 Å². The molecule has 8 heteroatoms. The lowest BCUT2D eigenvalue weighted by atomic mass is 10.2. The van der Waals surface area contributed by atoms with Crippen molar-refractivity contribution in [2.75, 3.05) is 31.5 Å². The predicted molar refractivity (Wildman–Crippen MR) is 83.0 cm³/mol. The van der Waals surface area contributed by atoms with Crippen molar-refractivity contribution in [3.63, 3.8) is 0 Å². The molecule has 0 radical (unpaired) electrons. The highest BCUT2D eigenvalue weighted by molar-refractivity contribution is 5.95. The van der Waals surface area contributed by atoms with Crippen molar-refractivity contribution in [3.8, 4) is 0 Å². The Balaban J connectivity index is 1.65. The minimum Gasteiger partial charge on any atom is -0.365 e. The average Bonchev–Trinajstić information content (AvgIpc) is 3.02. The zero-order valence-electron chi connectivity index (χ0n) is 13.1. The number of hydrogen-bond donors (Lipinski definition) is 2. The van der Waals surface area contributed by atoms with Crippen LogP contribution < -0.4 is 10.6 Å². The minimum absolute atomic E-state index is 0.0901. The highest BCUT2D eigenvalue weighted by Gasteiger charge is 2.29. The Hall–Kier alpha value is -2.06. The van der Waals surface area contributed by atoms with E-state index in [0.717, 1.165) is 19.5 Å². The third kappa shape index (κ3) is 3.83. The highest BCUT2D eigenvalue weighted by Crippen LogP contribution is 2.20. The molecular weight excluding hydrogens is 298 g/mol. The molecule has 2 aliphatic heterocycles. The van der Waals surface area contributed by atoms with Gasteiger partial charge in [-0.05, 0) is 25.8 Å². The van der Waals surface area contributed by atoms with Gasteiger partial charge in [0.15, 0.2) is 0 Å². The van der Waals surface area contributed by atoms with Crippen LogP contribution in [0.2, 0.25) is 0 Å². The molecule has 1 aromatic rings. The number of carbonyl (C=O) groups excluding carboxylic acids is 2. The Labute approximate surface area is 134 Å². The lowest BCUT2D eigenvalue weighted by molar-refractivity contribution is -0.126. The van der Waals surface area contributed by atoms with E-state index >= 15 is 0 Å². The number of ether oxygens (including phenoxy) is 1. The molecule has 3 rings (SSSR count). The quantitative estimate of drug-likeness (QED) is 0.816. The number of carbonyl (C=O) groups is 2. The van der Waals surface area contributed by atoms with Crippen molar-refractivity contribution in [2.24, 2.45) is 0 Å². The van der Waals surface area contributed by atoms with Gasteiger partial charge in [-0.15, -0.1) is 0 Å². The molecule has 2 saturated heterocycles. The summed E-state index contributed by atoms with van der Waals surface area (Å²) in [5, 5.41) is 5.83. The van der Waals surface area contributed by atoms with Gasteiger partial charge < -0.3 is 15.0 Å². The largest absolute Gasteiger partial charge is 0.365 e. The number of aromatic nitrogens is 2. The van der Waals surface area contributed by atoms with Crippen molar-refractivity contribution >= 4 is 17.8 Å². The van der Waals surface area contributed by atoms with E-state index in [4.69, 9.17) is 4.74 Å². The fourth-order valence-electron chi connectivity index (χ4n) is 2.75. The average molecular weight is 319 g/mol. The monoisotopic (exact) mass is 319 g/mol. The molecule has 0 saturated carbocycles. The molecular formula is C15H21N5O3. The van der Waals surface area contributed by atoms with E-state index in [1.165, 1.54) is 6.20 Å². The predicted octanol–water partition coefficient (Wildman–Crippen LogP) is 0.0280. The van der Waals surface area contributed by atoms with Crippen LogP contribution in [0.3, 0.4) is 0 Å². The van der Waals surface area contributed by atoms with Crippen LogP contribution in [0.1, 0.15) is 30.3 Å². The van der Waals surface area contributed by atoms with Gasteiger partial charge in [-0.25, -0.2) is 9.97 Å². The number of nitrogens with one attached hydrogen (secondary N) is 2. The summed E-state index contributed by atoms with van der Waals surface area (Å²) >= 11 is 0. The van der Waals surface area contributed by atoms with Gasteiger partial charge in [0, 0.05) is 32.4 Å². The standard InChI is InChI=1S/C15H21N5O3/c1-10-2-3-12(23-10)13(21)19-15-17-5-4-11(18-15)14(22)20-8-6-16-7-9-20/h4-5,10,12,16H,2-3,6-9H2,1H3,(H,17,18,19,21). The third-order valence-corrected chi connectivity index (χ3v) is 4.04. The summed E-state index contributed by atoms with van der Waals surface area (Å²) in [5.41, 5.74) is 0.290. The van der Waals surface area contributed by atoms with Gasteiger partial charge >= 0.3 is 0 Å². The van der Waals surface area contributed by atoms with Crippen molar-refractivity contribution in [2.45, 2.75) is 32.0 Å². The van der Waals surface area contributed by atoms with Gasteiger partial charge in [0.2, 0.25) is 5.95 Å². The molecule has 3 heterocycles. The van der Waals surface area contributed by atoms with Crippen LogP contribution in [-0.2, 0) is 9.53 Å². The smallest absolute Gasteiger partial charge is 0.272 e. The van der Waals surface area contributed by atoms with Gasteiger partial charge in [0.1, 0.15) is 11.8 Å². The van der Waals surface area contributed by atoms with Gasteiger partial charge in [0.25, 0.3) is 11.8 Å². The second kappa shape index (κ2) is 7.01. The topological polar surface area (TPSA) is 96.5 Å². The second-order valence-electron chi connectivity index (χ2n) is 5.81. The number of piperazine rings is 1. The Morgan fingerprint density at radius 1 is 1.35 bits per heavy atom. The number of amides is 2. The summed E-state index contributed by atoms with van der Waals surface area (Å²) in [5.74, 6) is -0.268. The number of hydrogen-bond acceptors (Lipinski definition) is 6. The first-order valence-electron chi connectivity index (χ1n) is 7.93. The minimum atomic E-state index is -0.471. The molecule has 0 aliphatic carbocycles. The lowest BCUT2D eigenvalue weighted by Crippen LogP contribution is -2.46. The van der Waals surface area contributed by atoms with Crippen molar-refractivity contribution < 1.29 is 14.3 Å². The van der Waals surface area contributed by atoms with Crippen LogP contribution in [0.5, 0.6) is 0 Å². The molecule has 0 aromatic carbocycles. The fourth-order valence-corrected chi connectivity index (χ4v) is 2.75. The number of anilines is 1. The lowest BCUT2D eigenvalue weighted by Gasteiger charge is -2.27. The third-order valence-electron chi connectivity index (χ3n) is 4.04. The molecule has 23 heavy (non-hydrogen) atoms. The molecule has 2 fully saturated rings. The normalized spacial score (nSPS) is 24.5. The molecule has 2 aliphatic rings. The van der Waals surface area contributed by atoms with Gasteiger partial charge in [-0.1, -0.05) is 0 Å². The van der Waals surface area contributed by atoms with Crippen LogP contribution in [0.25, 0.3) is 0 Å². The molecule has 124 valence electrons. The fraction of sp³-hybridized carbons (Fsp3) is 0.600. The van der Waals surface area contributed by atoms with Crippen LogP contribution >= 0.6 is 0 Å². The molecule has 8 nitrogen and oxygen atoms in total. The summed E-state index contributed by atoms with van der Waals surface area (Å²) in [6.45, 7) is 4.79. The molecule has 1 aromatic heterocycles. The maximum atomic E-state index is 12.4. The maximum Gasteiger partial charge on any atom is 0.272 e. The van der Waals surface area contributed by atoms with E-state index in [9.17, 15) is 9.59 Å². The molecule has 2 atom stereocenters. The van der Waals surface area contributed by atoms with Crippen LogP contribution in [0.4, 0.5) is 5.95 Å². The zero-order chi connectivity index (χ0) is 16.2. The number of nitrogens with zero attached hydrogens (tertiary/aromatic N) is 3. The van der Waals surface area contributed by atoms with Gasteiger partial charge in [-0.2, -0.15) is 0 Å². The van der Waals surface area contributed by atoms with E-state index in [2.05, 4.69) is 20.6 Å². The Bertz CT molecular complexity index is 588. The highest BCUT2D eigenvalue weighted by atomic mass is 16.5. The zero-order valence-corrected chi connectivity index (χ0v) is 13.1. The van der Waals surface area contributed by atoms with Crippen molar-refractivity contribution in [1.29, 1.82) is 0 Å². The van der Waals surface area contributed by atoms with Gasteiger partial charge in [0.05, 0.1) is 6.10 Å². The van der Waals surface area contributed by atoms with Crippen LogP contribution in [-0.4, -0.2) is 65.1 Å². The molecule has 0 bridgehead atoms. The van der Waals surface area contributed by atoms with Gasteiger partial charge in [-0.3, -0.25) is 14.9 Å². The Morgan fingerprint density at radius 3 is 2.83 bits per heavy atom.